The Labute approximate surface area is 155 Å². The topological polar surface area (TPSA) is 76.1 Å². The van der Waals surface area contributed by atoms with E-state index in [1.54, 1.807) is 18.2 Å². The molecular formula is C20H18FNO5. The number of methoxy groups -OCH3 is 1. The molecule has 27 heavy (non-hydrogen) atoms. The summed E-state index contributed by atoms with van der Waals surface area (Å²) in [6.07, 6.45) is 0. The van der Waals surface area contributed by atoms with Crippen LogP contribution in [0, 0.1) is 11.2 Å². The molecule has 0 saturated carbocycles. The molecule has 2 heterocycles. The summed E-state index contributed by atoms with van der Waals surface area (Å²) in [4.78, 5) is 26.5. The lowest BCUT2D eigenvalue weighted by molar-refractivity contribution is -0.151. The third kappa shape index (κ3) is 2.61. The van der Waals surface area contributed by atoms with Gasteiger partial charge in [-0.05, 0) is 24.3 Å². The number of amides is 1. The average molecular weight is 371 g/mol. The molecule has 0 spiro atoms. The number of aliphatic carboxylic acids is 1. The number of para-hydroxylation sites is 1. The maximum absolute atomic E-state index is 13.5. The van der Waals surface area contributed by atoms with Crippen LogP contribution in [0.25, 0.3) is 0 Å². The molecule has 2 aliphatic rings. The average Bonchev–Trinajstić information content (AvgIpc) is 3.08. The first-order valence-electron chi connectivity index (χ1n) is 8.54. The van der Waals surface area contributed by atoms with Crippen LogP contribution in [0.4, 0.5) is 4.39 Å². The predicted octanol–water partition coefficient (Wildman–Crippen LogP) is 2.54. The largest absolute Gasteiger partial charge is 0.493 e. The maximum Gasteiger partial charge on any atom is 0.315 e. The van der Waals surface area contributed by atoms with E-state index in [9.17, 15) is 19.1 Å². The Kier molecular flexibility index (Phi) is 4.02. The van der Waals surface area contributed by atoms with Gasteiger partial charge in [0.2, 0.25) is 0 Å². The molecule has 0 radical (unpaired) electrons. The molecule has 0 aromatic heterocycles. The van der Waals surface area contributed by atoms with Gasteiger partial charge in [-0.15, -0.1) is 0 Å². The summed E-state index contributed by atoms with van der Waals surface area (Å²) in [7, 11) is 1.52. The number of hydrogen-bond donors (Lipinski definition) is 1. The number of nitrogens with zero attached hydrogens (tertiary/aromatic N) is 1. The zero-order valence-electron chi connectivity index (χ0n) is 14.6. The Morgan fingerprint density at radius 2 is 2.07 bits per heavy atom. The standard InChI is InChI=1S/C20H18FNO5/c1-26-16-7-3-6-14-15-9-22(18(23)12-4-2-5-13(21)8-12)10-20(15,19(24)25)11-27-17(14)16/h2-8,15H,9-11H2,1H3,(H,24,25)/t15-,20-/m1/s1. The minimum absolute atomic E-state index is 0.000996. The molecule has 2 atom stereocenters. The minimum atomic E-state index is -1.25. The van der Waals surface area contributed by atoms with Crippen molar-refractivity contribution in [1.82, 2.24) is 4.90 Å². The van der Waals surface area contributed by atoms with Crippen LogP contribution < -0.4 is 9.47 Å². The fourth-order valence-corrected chi connectivity index (χ4v) is 4.01. The first-order valence-corrected chi connectivity index (χ1v) is 8.54. The first-order chi connectivity index (χ1) is 13.0. The van der Waals surface area contributed by atoms with Crippen LogP contribution in [0.15, 0.2) is 42.5 Å². The normalized spacial score (nSPS) is 23.2. The van der Waals surface area contributed by atoms with Gasteiger partial charge in [-0.3, -0.25) is 9.59 Å². The van der Waals surface area contributed by atoms with Gasteiger partial charge < -0.3 is 19.5 Å². The molecule has 0 bridgehead atoms. The second kappa shape index (κ2) is 6.26. The summed E-state index contributed by atoms with van der Waals surface area (Å²) in [6.45, 7) is 0.150. The number of likely N-dealkylation sites (tertiary alicyclic amines) is 1. The van der Waals surface area contributed by atoms with Crippen LogP contribution >= 0.6 is 0 Å². The van der Waals surface area contributed by atoms with Crippen molar-refractivity contribution in [1.29, 1.82) is 0 Å². The van der Waals surface area contributed by atoms with Crippen molar-refractivity contribution in [3.63, 3.8) is 0 Å². The molecule has 1 fully saturated rings. The number of hydrogen-bond acceptors (Lipinski definition) is 4. The van der Waals surface area contributed by atoms with Gasteiger partial charge in [-0.2, -0.15) is 0 Å². The van der Waals surface area contributed by atoms with Crippen LogP contribution in [0.5, 0.6) is 11.5 Å². The molecular weight excluding hydrogens is 353 g/mol. The van der Waals surface area contributed by atoms with E-state index in [1.165, 1.54) is 30.2 Å². The highest BCUT2D eigenvalue weighted by molar-refractivity contribution is 5.95. The number of fused-ring (bicyclic) bond motifs is 3. The number of rotatable bonds is 3. The predicted molar refractivity (Wildman–Crippen MR) is 93.6 cm³/mol. The highest BCUT2D eigenvalue weighted by Crippen LogP contribution is 2.52. The summed E-state index contributed by atoms with van der Waals surface area (Å²) >= 11 is 0. The van der Waals surface area contributed by atoms with Crippen molar-refractivity contribution in [3.8, 4) is 11.5 Å². The van der Waals surface area contributed by atoms with Gasteiger partial charge in [0.1, 0.15) is 17.8 Å². The quantitative estimate of drug-likeness (QED) is 0.897. The van der Waals surface area contributed by atoms with Crippen LogP contribution in [0.1, 0.15) is 21.8 Å². The van der Waals surface area contributed by atoms with Gasteiger partial charge in [-0.25, -0.2) is 4.39 Å². The van der Waals surface area contributed by atoms with E-state index < -0.39 is 29.0 Å². The van der Waals surface area contributed by atoms with E-state index in [0.29, 0.717) is 17.1 Å². The SMILES string of the molecule is COc1cccc2c1OC[C@]1(C(=O)O)CN(C(=O)c3cccc(F)c3)C[C@H]21. The van der Waals surface area contributed by atoms with Gasteiger partial charge in [0.05, 0.1) is 7.11 Å². The van der Waals surface area contributed by atoms with Crippen molar-refractivity contribution < 1.29 is 28.6 Å². The second-order valence-electron chi connectivity index (χ2n) is 6.88. The lowest BCUT2D eigenvalue weighted by atomic mass is 9.73. The van der Waals surface area contributed by atoms with Gasteiger partial charge in [-0.1, -0.05) is 18.2 Å². The van der Waals surface area contributed by atoms with Gasteiger partial charge in [0.15, 0.2) is 11.5 Å². The van der Waals surface area contributed by atoms with Gasteiger partial charge >= 0.3 is 5.97 Å². The van der Waals surface area contributed by atoms with Gasteiger partial charge in [0, 0.05) is 30.1 Å². The van der Waals surface area contributed by atoms with Crippen molar-refractivity contribution in [2.45, 2.75) is 5.92 Å². The Hall–Kier alpha value is -3.09. The molecule has 4 rings (SSSR count). The van der Waals surface area contributed by atoms with Crippen LogP contribution in [-0.2, 0) is 4.79 Å². The molecule has 1 amide bonds. The number of halogens is 1. The zero-order chi connectivity index (χ0) is 19.2. The number of carbonyl (C=O) groups excluding carboxylic acids is 1. The number of benzene rings is 2. The highest BCUT2D eigenvalue weighted by Gasteiger charge is 2.58. The van der Waals surface area contributed by atoms with Crippen LogP contribution in [-0.4, -0.2) is 48.7 Å². The van der Waals surface area contributed by atoms with Crippen molar-refractivity contribution in [2.24, 2.45) is 5.41 Å². The second-order valence-corrected chi connectivity index (χ2v) is 6.88. The molecule has 1 saturated heterocycles. The van der Waals surface area contributed by atoms with Crippen molar-refractivity contribution in [3.05, 3.63) is 59.4 Å². The zero-order valence-corrected chi connectivity index (χ0v) is 14.6. The molecule has 0 aliphatic carbocycles. The molecule has 7 heteroatoms. The number of carboxylic acid groups (broad SMARTS) is 1. The summed E-state index contributed by atoms with van der Waals surface area (Å²) in [6, 6.07) is 10.7. The van der Waals surface area contributed by atoms with E-state index in [-0.39, 0.29) is 25.3 Å². The summed E-state index contributed by atoms with van der Waals surface area (Å²) in [5.41, 5.74) is -0.346. The van der Waals surface area contributed by atoms with E-state index >= 15 is 0 Å². The van der Waals surface area contributed by atoms with Crippen LogP contribution in [0.3, 0.4) is 0 Å². The van der Waals surface area contributed by atoms with E-state index in [0.717, 1.165) is 6.07 Å². The van der Waals surface area contributed by atoms with E-state index in [4.69, 9.17) is 9.47 Å². The monoisotopic (exact) mass is 371 g/mol. The Morgan fingerprint density at radius 1 is 1.30 bits per heavy atom. The molecule has 140 valence electrons. The summed E-state index contributed by atoms with van der Waals surface area (Å²) in [5.74, 6) is -1.32. The number of carbonyl (C=O) groups is 2. The molecule has 0 unspecified atom stereocenters. The smallest absolute Gasteiger partial charge is 0.315 e. The molecule has 2 aromatic rings. The third-order valence-corrected chi connectivity index (χ3v) is 5.41. The maximum atomic E-state index is 13.5. The Balaban J connectivity index is 1.73. The van der Waals surface area contributed by atoms with Gasteiger partial charge in [0.25, 0.3) is 5.91 Å². The number of carboxylic acids is 1. The fraction of sp³-hybridized carbons (Fsp3) is 0.300. The fourth-order valence-electron chi connectivity index (χ4n) is 4.01. The summed E-state index contributed by atoms with van der Waals surface area (Å²) in [5, 5.41) is 9.96. The van der Waals surface area contributed by atoms with E-state index in [2.05, 4.69) is 0 Å². The van der Waals surface area contributed by atoms with Crippen molar-refractivity contribution in [2.75, 3.05) is 26.8 Å². The minimum Gasteiger partial charge on any atom is -0.493 e. The van der Waals surface area contributed by atoms with Crippen molar-refractivity contribution >= 4 is 11.9 Å². The Bertz CT molecular complexity index is 930. The third-order valence-electron chi connectivity index (χ3n) is 5.41. The molecule has 1 N–H and O–H groups in total. The van der Waals surface area contributed by atoms with Crippen LogP contribution in [0.2, 0.25) is 0 Å². The lowest BCUT2D eigenvalue weighted by Crippen LogP contribution is -2.46. The van der Waals surface area contributed by atoms with E-state index in [1.807, 2.05) is 0 Å². The lowest BCUT2D eigenvalue weighted by Gasteiger charge is -2.36. The first kappa shape index (κ1) is 17.3. The highest BCUT2D eigenvalue weighted by atomic mass is 19.1. The number of ether oxygens (including phenoxy) is 2. The molecule has 2 aromatic carbocycles. The molecule has 6 nitrogen and oxygen atoms in total. The Morgan fingerprint density at radius 3 is 2.78 bits per heavy atom. The molecule has 2 aliphatic heterocycles. The summed E-state index contributed by atoms with van der Waals surface area (Å²) < 4.78 is 24.6.